The molecule has 0 fully saturated rings. The number of carbonyl (C=O) groups is 4. The summed E-state index contributed by atoms with van der Waals surface area (Å²) in [5.41, 5.74) is -0.865. The highest BCUT2D eigenvalue weighted by atomic mass is 16.4. The summed E-state index contributed by atoms with van der Waals surface area (Å²) in [7, 11) is 0. The highest BCUT2D eigenvalue weighted by molar-refractivity contribution is 5.80. The second-order valence-electron chi connectivity index (χ2n) is 8.67. The van der Waals surface area contributed by atoms with Crippen molar-refractivity contribution in [2.45, 2.75) is 92.3 Å². The molecule has 1 atom stereocenters. The Morgan fingerprint density at radius 3 is 1.45 bits per heavy atom. The zero-order valence-corrected chi connectivity index (χ0v) is 20.4. The van der Waals surface area contributed by atoms with Gasteiger partial charge in [0.1, 0.15) is 6.04 Å². The normalized spacial score (nSPS) is 12.2. The molecule has 1 unspecified atom stereocenters. The van der Waals surface area contributed by atoms with E-state index >= 15 is 0 Å². The monoisotopic (exact) mass is 450 g/mol. The second-order valence-corrected chi connectivity index (χ2v) is 8.67. The third kappa shape index (κ3) is 18.3. The van der Waals surface area contributed by atoms with Crippen molar-refractivity contribution in [3.8, 4) is 0 Å². The number of hydrogen-bond donors (Lipinski definition) is 4. The fourth-order valence-corrected chi connectivity index (χ4v) is 2.70. The Morgan fingerprint density at radius 2 is 1.19 bits per heavy atom. The summed E-state index contributed by atoms with van der Waals surface area (Å²) in [6.45, 7) is 17.1. The van der Waals surface area contributed by atoms with Crippen LogP contribution in [0.1, 0.15) is 75.2 Å². The van der Waals surface area contributed by atoms with Crippen LogP contribution >= 0.6 is 0 Å². The maximum Gasteiger partial charge on any atom is 0.321 e. The third-order valence-electron chi connectivity index (χ3n) is 3.99. The molecule has 0 aliphatic heterocycles. The minimum Gasteiger partial charge on any atom is -0.481 e. The van der Waals surface area contributed by atoms with Gasteiger partial charge in [-0.15, -0.1) is 0 Å². The Hall–Kier alpha value is -2.20. The molecule has 4 N–H and O–H groups in total. The molecule has 0 aromatic heterocycles. The Kier molecular flexibility index (Phi) is 16.8. The lowest BCUT2D eigenvalue weighted by Gasteiger charge is -2.40. The molecule has 184 valence electrons. The van der Waals surface area contributed by atoms with Gasteiger partial charge in [-0.05, 0) is 48.0 Å². The third-order valence-corrected chi connectivity index (χ3v) is 3.99. The molecule has 0 amide bonds. The molecule has 0 heterocycles. The Morgan fingerprint density at radius 1 is 0.774 bits per heavy atom. The number of nitrogens with zero attached hydrogens (tertiary/aromatic N) is 2. The van der Waals surface area contributed by atoms with Crippen LogP contribution in [0, 0.1) is 0 Å². The van der Waals surface area contributed by atoms with Gasteiger partial charge in [-0.1, -0.05) is 13.8 Å². The van der Waals surface area contributed by atoms with Crippen molar-refractivity contribution in [1.29, 1.82) is 0 Å². The van der Waals surface area contributed by atoms with Gasteiger partial charge in [0.05, 0.1) is 13.0 Å². The van der Waals surface area contributed by atoms with E-state index in [-0.39, 0.29) is 12.1 Å². The molecule has 0 spiro atoms. The maximum absolute atomic E-state index is 11.5. The van der Waals surface area contributed by atoms with E-state index in [1.165, 1.54) is 0 Å². The summed E-state index contributed by atoms with van der Waals surface area (Å²) in [5, 5.41) is 34.9. The molecule has 0 aliphatic rings. The lowest BCUT2D eigenvalue weighted by atomic mass is 10.00. The molecule has 0 saturated heterocycles. The highest BCUT2D eigenvalue weighted by Gasteiger charge is 2.35. The van der Waals surface area contributed by atoms with Crippen LogP contribution in [-0.2, 0) is 19.2 Å². The number of aliphatic carboxylic acids is 4. The molecule has 10 nitrogen and oxygen atoms in total. The lowest BCUT2D eigenvalue weighted by Crippen LogP contribution is -2.53. The quantitative estimate of drug-likeness (QED) is 0.390. The van der Waals surface area contributed by atoms with Crippen LogP contribution < -0.4 is 0 Å². The van der Waals surface area contributed by atoms with E-state index in [9.17, 15) is 19.5 Å². The largest absolute Gasteiger partial charge is 0.481 e. The van der Waals surface area contributed by atoms with Crippen molar-refractivity contribution in [3.05, 3.63) is 0 Å². The van der Waals surface area contributed by atoms with Crippen LogP contribution in [0.2, 0.25) is 0 Å². The van der Waals surface area contributed by atoms with Gasteiger partial charge in [-0.25, -0.2) is 0 Å². The van der Waals surface area contributed by atoms with E-state index in [0.717, 1.165) is 6.92 Å². The Balaban J connectivity index is -0.00000116. The molecule has 0 radical (unpaired) electrons. The van der Waals surface area contributed by atoms with Gasteiger partial charge < -0.3 is 20.4 Å². The topological polar surface area (TPSA) is 156 Å². The summed E-state index contributed by atoms with van der Waals surface area (Å²) >= 11 is 0. The first kappa shape index (κ1) is 33.4. The molecule has 0 rings (SSSR count). The molecule has 10 heteroatoms. The van der Waals surface area contributed by atoms with E-state index in [4.69, 9.17) is 20.1 Å². The molecular weight excluding hydrogens is 408 g/mol. The van der Waals surface area contributed by atoms with Crippen molar-refractivity contribution in [1.82, 2.24) is 9.80 Å². The first-order valence-corrected chi connectivity index (χ1v) is 10.3. The fraction of sp³-hybridized carbons (Fsp3) is 0.810. The van der Waals surface area contributed by atoms with E-state index in [1.807, 2.05) is 60.3 Å². The lowest BCUT2D eigenvalue weighted by molar-refractivity contribution is -0.152. The minimum atomic E-state index is -1.17. The zero-order chi connectivity index (χ0) is 25.6. The van der Waals surface area contributed by atoms with Gasteiger partial charge >= 0.3 is 17.9 Å². The number of carboxylic acid groups (broad SMARTS) is 4. The SMILES string of the molecule is CC.CC(=O)O.CC(C)(C)N(CCCN(C(CC(=O)O)C(=O)O)C(C)(C)C)CC(=O)O. The standard InChI is InChI=1S/C17H32N2O6.C2H4O2.C2H6/c1-16(2,3)18(11-14(22)23)8-7-9-19(17(4,5)6)12(15(24)25)10-13(20)21;1-2(3)4;1-2/h12H,7-11H2,1-6H3,(H,20,21)(H,22,23)(H,24,25);1H3,(H,3,4);1-2H3. The Labute approximate surface area is 185 Å². The Bertz CT molecular complexity index is 561. The molecule has 0 aliphatic carbocycles. The molecular formula is C21H42N2O8. The van der Waals surface area contributed by atoms with Crippen LogP contribution in [-0.4, -0.2) is 90.9 Å². The predicted molar refractivity (Wildman–Crippen MR) is 118 cm³/mol. The van der Waals surface area contributed by atoms with E-state index in [0.29, 0.717) is 19.5 Å². The predicted octanol–water partition coefficient (Wildman–Crippen LogP) is 2.71. The molecule has 0 saturated carbocycles. The fourth-order valence-electron chi connectivity index (χ4n) is 2.70. The van der Waals surface area contributed by atoms with E-state index in [2.05, 4.69) is 0 Å². The highest BCUT2D eigenvalue weighted by Crippen LogP contribution is 2.21. The first-order valence-electron chi connectivity index (χ1n) is 10.3. The van der Waals surface area contributed by atoms with Crippen molar-refractivity contribution in [3.63, 3.8) is 0 Å². The molecule has 31 heavy (non-hydrogen) atoms. The number of hydrogen-bond acceptors (Lipinski definition) is 6. The summed E-state index contributed by atoms with van der Waals surface area (Å²) in [6, 6.07) is -1.12. The maximum atomic E-state index is 11.5. The van der Waals surface area contributed by atoms with Crippen LogP contribution in [0.3, 0.4) is 0 Å². The summed E-state index contributed by atoms with van der Waals surface area (Å²) in [5.74, 6) is -4.09. The molecule has 0 bridgehead atoms. The average Bonchev–Trinajstić information content (AvgIpc) is 2.54. The zero-order valence-electron chi connectivity index (χ0n) is 20.4. The van der Waals surface area contributed by atoms with Crippen LogP contribution in [0.4, 0.5) is 0 Å². The summed E-state index contributed by atoms with van der Waals surface area (Å²) in [4.78, 5) is 46.1. The molecule has 0 aromatic carbocycles. The second kappa shape index (κ2) is 15.6. The summed E-state index contributed by atoms with van der Waals surface area (Å²) < 4.78 is 0. The van der Waals surface area contributed by atoms with Gasteiger partial charge in [0.15, 0.2) is 0 Å². The van der Waals surface area contributed by atoms with Gasteiger partial charge in [0.25, 0.3) is 5.97 Å². The number of carboxylic acids is 4. The smallest absolute Gasteiger partial charge is 0.321 e. The average molecular weight is 451 g/mol. The van der Waals surface area contributed by atoms with Gasteiger partial charge in [0.2, 0.25) is 0 Å². The van der Waals surface area contributed by atoms with Crippen LogP contribution in [0.5, 0.6) is 0 Å². The van der Waals surface area contributed by atoms with Gasteiger partial charge in [0, 0.05) is 31.1 Å². The van der Waals surface area contributed by atoms with E-state index in [1.54, 1.807) is 4.90 Å². The molecule has 0 aromatic rings. The van der Waals surface area contributed by atoms with Crippen molar-refractivity contribution in [2.24, 2.45) is 0 Å². The minimum absolute atomic E-state index is 0.101. The van der Waals surface area contributed by atoms with Crippen molar-refractivity contribution >= 4 is 23.9 Å². The summed E-state index contributed by atoms with van der Waals surface area (Å²) in [6.07, 6.45) is 0.0515. The first-order chi connectivity index (χ1) is 13.9. The van der Waals surface area contributed by atoms with E-state index < -0.39 is 41.9 Å². The van der Waals surface area contributed by atoms with Crippen molar-refractivity contribution < 1.29 is 39.6 Å². The van der Waals surface area contributed by atoms with Crippen LogP contribution in [0.25, 0.3) is 0 Å². The van der Waals surface area contributed by atoms with Crippen LogP contribution in [0.15, 0.2) is 0 Å². The number of rotatable bonds is 10. The van der Waals surface area contributed by atoms with Gasteiger partial charge in [-0.3, -0.25) is 29.0 Å². The van der Waals surface area contributed by atoms with Crippen molar-refractivity contribution in [2.75, 3.05) is 19.6 Å². The van der Waals surface area contributed by atoms with Gasteiger partial charge in [-0.2, -0.15) is 0 Å².